The predicted octanol–water partition coefficient (Wildman–Crippen LogP) is -1.67. The molecule has 812 valence electrons. The highest BCUT2D eigenvalue weighted by Crippen LogP contribution is 2.23. The number of piperidine rings is 2. The molecular weight excluding hydrogens is 1780 g/mol. The lowest BCUT2D eigenvalue weighted by molar-refractivity contribution is -0.126. The number of likely N-dealkylation sites (tertiary alicyclic amines) is 2. The molecule has 0 radical (unpaired) electrons. The molecule has 8 heterocycles. The van der Waals surface area contributed by atoms with Crippen molar-refractivity contribution in [1.29, 1.82) is 0 Å². The van der Waals surface area contributed by atoms with Crippen LogP contribution in [0.3, 0.4) is 0 Å². The Morgan fingerprint density at radius 1 is 0.225 bits per heavy atom. The second kappa shape index (κ2) is 91.7. The highest BCUT2D eigenvalue weighted by molar-refractivity contribution is 5.79. The zero-order valence-corrected chi connectivity index (χ0v) is 89.4. The smallest absolute Gasteiger partial charge is 0.245 e. The molecule has 41 nitrogen and oxygen atoms in total. The number of unbranched alkanes of at least 4 members (excludes halogenated alkanes) is 3. The van der Waals surface area contributed by atoms with Crippen molar-refractivity contribution in [2.24, 2.45) is 11.8 Å². The molecule has 8 N–H and O–H groups in total. The number of amides is 7. The fraction of sp³-hybridized carbons (Fsp3) is 0.907. The van der Waals surface area contributed by atoms with Gasteiger partial charge in [0.2, 0.25) is 41.4 Å². The summed E-state index contributed by atoms with van der Waals surface area (Å²) in [5.74, 6) is 1.93. The van der Waals surface area contributed by atoms with Gasteiger partial charge in [-0.15, -0.1) is 0 Å². The van der Waals surface area contributed by atoms with Gasteiger partial charge in [-0.25, -0.2) is 0 Å². The number of methoxy groups -OCH3 is 7. The van der Waals surface area contributed by atoms with E-state index in [1.54, 1.807) is 99.1 Å². The van der Waals surface area contributed by atoms with Crippen molar-refractivity contribution in [1.82, 2.24) is 111 Å². The molecule has 0 saturated carbocycles. The van der Waals surface area contributed by atoms with Crippen LogP contribution in [0.1, 0.15) is 77.0 Å². The van der Waals surface area contributed by atoms with Crippen LogP contribution in [0.2, 0.25) is 0 Å². The van der Waals surface area contributed by atoms with Crippen molar-refractivity contribution in [3.8, 4) is 0 Å². The van der Waals surface area contributed by atoms with Crippen molar-refractivity contribution < 1.29 is 90.4 Å². The van der Waals surface area contributed by atoms with Gasteiger partial charge in [0.1, 0.15) is 6.61 Å². The Balaban J connectivity index is 0.000000790. The summed E-state index contributed by atoms with van der Waals surface area (Å²) >= 11 is 0. The van der Waals surface area contributed by atoms with Crippen LogP contribution in [-0.4, -0.2) is 604 Å². The van der Waals surface area contributed by atoms with Crippen molar-refractivity contribution in [2.75, 3.05) is 494 Å². The normalized spacial score (nSPS) is 18.1. The fourth-order valence-corrected chi connectivity index (χ4v) is 15.9. The Morgan fingerprint density at radius 3 is 0.761 bits per heavy atom. The van der Waals surface area contributed by atoms with E-state index in [0.717, 1.165) is 313 Å². The number of piperazine rings is 6. The molecule has 138 heavy (non-hydrogen) atoms. The molecule has 0 atom stereocenters. The zero-order chi connectivity index (χ0) is 101. The van der Waals surface area contributed by atoms with Crippen LogP contribution < -0.4 is 42.5 Å². The third-order valence-corrected chi connectivity index (χ3v) is 25.4. The van der Waals surface area contributed by atoms with Crippen LogP contribution in [0.4, 0.5) is 0 Å². The lowest BCUT2D eigenvalue weighted by atomic mass is 9.92. The second-order valence-corrected chi connectivity index (χ2v) is 35.9. The molecule has 8 fully saturated rings. The summed E-state index contributed by atoms with van der Waals surface area (Å²) in [5.41, 5.74) is 1.17. The lowest BCUT2D eigenvalue weighted by Crippen LogP contribution is -2.49. The van der Waals surface area contributed by atoms with Gasteiger partial charge < -0.3 is 129 Å². The molecule has 8 saturated heterocycles. The molecule has 0 bridgehead atoms. The van der Waals surface area contributed by atoms with E-state index in [-0.39, 0.29) is 48.0 Å². The Bertz CT molecular complexity index is 2710. The number of carbonyl (C=O) groups excluding carboxylic acids is 7. The van der Waals surface area contributed by atoms with E-state index in [4.69, 9.17) is 56.8 Å². The first-order valence-corrected chi connectivity index (χ1v) is 51.2. The van der Waals surface area contributed by atoms with Crippen molar-refractivity contribution >= 4 is 41.4 Å². The minimum Gasteiger partial charge on any atom is -0.392 e. The molecule has 8 aliphatic heterocycles. The van der Waals surface area contributed by atoms with Crippen molar-refractivity contribution in [2.45, 2.75) is 77.0 Å². The van der Waals surface area contributed by atoms with Gasteiger partial charge in [-0.3, -0.25) is 72.8 Å². The van der Waals surface area contributed by atoms with E-state index in [1.807, 2.05) is 7.05 Å². The van der Waals surface area contributed by atoms with Crippen LogP contribution in [0.5, 0.6) is 0 Å². The number of hydrogen-bond acceptors (Lipinski definition) is 34. The van der Waals surface area contributed by atoms with Gasteiger partial charge in [-0.1, -0.05) is 6.58 Å². The van der Waals surface area contributed by atoms with E-state index in [2.05, 4.69) is 125 Å². The molecule has 8 rings (SSSR count). The Labute approximate surface area is 834 Å². The van der Waals surface area contributed by atoms with Crippen LogP contribution >= 0.6 is 0 Å². The average molecular weight is 1980 g/mol. The average Bonchev–Trinajstić information content (AvgIpc) is 0.919. The zero-order valence-electron chi connectivity index (χ0n) is 89.4. The molecule has 7 amide bonds. The topological polar surface area (TPSA) is 372 Å². The quantitative estimate of drug-likeness (QED) is 0.0316. The second-order valence-electron chi connectivity index (χ2n) is 35.9. The van der Waals surface area contributed by atoms with Crippen molar-refractivity contribution in [3.05, 3.63) is 12.3 Å². The number of carbonyl (C=O) groups is 7. The van der Waals surface area contributed by atoms with Gasteiger partial charge in [0, 0.05) is 334 Å². The van der Waals surface area contributed by atoms with Gasteiger partial charge in [0.25, 0.3) is 0 Å². The van der Waals surface area contributed by atoms with Crippen LogP contribution in [-0.2, 0) is 90.4 Å². The summed E-state index contributed by atoms with van der Waals surface area (Å²) in [6, 6.07) is 0. The summed E-state index contributed by atoms with van der Waals surface area (Å²) in [4.78, 5) is 111. The van der Waals surface area contributed by atoms with Crippen molar-refractivity contribution in [3.63, 3.8) is 0 Å². The van der Waals surface area contributed by atoms with E-state index in [1.165, 1.54) is 57.4 Å². The molecule has 0 aromatic heterocycles. The molecule has 0 aliphatic carbocycles. The molecular formula is C97H200N22O19. The summed E-state index contributed by atoms with van der Waals surface area (Å²) in [6.45, 7) is 55.7. The summed E-state index contributed by atoms with van der Waals surface area (Å²) in [5, 5.41) is 21.6. The standard InChI is InChI=1S/C14H29N3O4.C13H27N3O2.C13H26N2O3.C12H25N3O3.C12H25N3O2.C12H24N2O.C11H23N3O2.C10H21N3O2/c1-15-14(18)13-21-12-11-20-10-9-19-8-7-17-5-3-16(2)4-6-17;1-14-13(17)12-16-9-7-15(8-10-16)6-4-3-5-11-18-2;1-14-13(16)11-12-3-5-15(6-4-12)7-8-18-10-9-17-2;1-13-12(16)11-15-5-3-14(4-6-15)7-8-18-10-9-17-2;1-13-12(16)11-15-8-6-14(7-9-15)5-3-4-10-17-2;1-11(13-2)10-12-4-6-14(7-5-12)8-9-15-3;1-12-11(15)10-14-7-5-13(6-8-14)4-3-9-16-2;1-11-10(14)9-13-5-3-12(4-6-13)7-8-15-2/h3-13H2,1-2H3,(H,15,18);3-12H2,1-2H3,(H,14,17);12H,3-11H2,1-2H3,(H,14,16);3-11H2,1-2H3,(H,13,16);3-11H2,1-2H3,(H,13,16);12-13H,1,4-10H2,2-3H3;3-10H2,1-2H3,(H,12,15);3-9H2,1-2H3,(H,11,14). The molecule has 0 spiro atoms. The van der Waals surface area contributed by atoms with Gasteiger partial charge in [-0.2, -0.15) is 0 Å². The molecule has 0 unspecified atom stereocenters. The molecule has 8 aliphatic rings. The summed E-state index contributed by atoms with van der Waals surface area (Å²) in [6.07, 6.45) is 13.7. The number of ether oxygens (including phenoxy) is 12. The minimum atomic E-state index is -0.123. The fourth-order valence-electron chi connectivity index (χ4n) is 15.9. The number of allylic oxidation sites excluding steroid dienone is 1. The Kier molecular flexibility index (Phi) is 86.9. The van der Waals surface area contributed by atoms with Gasteiger partial charge in [0.05, 0.1) is 119 Å². The minimum absolute atomic E-state index is 0.0847. The third-order valence-electron chi connectivity index (χ3n) is 25.4. The van der Waals surface area contributed by atoms with E-state index < -0.39 is 0 Å². The molecule has 0 aromatic rings. The monoisotopic (exact) mass is 1980 g/mol. The summed E-state index contributed by atoms with van der Waals surface area (Å²) < 4.78 is 62.0. The van der Waals surface area contributed by atoms with E-state index in [0.29, 0.717) is 97.9 Å². The maximum Gasteiger partial charge on any atom is 0.245 e. The van der Waals surface area contributed by atoms with E-state index >= 15 is 0 Å². The number of nitrogens with one attached hydrogen (secondary N) is 8. The first kappa shape index (κ1) is 131. The lowest BCUT2D eigenvalue weighted by Gasteiger charge is -2.34. The van der Waals surface area contributed by atoms with Gasteiger partial charge >= 0.3 is 0 Å². The first-order chi connectivity index (χ1) is 67.0. The number of rotatable bonds is 59. The van der Waals surface area contributed by atoms with Crippen LogP contribution in [0.25, 0.3) is 0 Å². The largest absolute Gasteiger partial charge is 0.392 e. The number of nitrogens with zero attached hydrogens (tertiary/aromatic N) is 14. The highest BCUT2D eigenvalue weighted by atomic mass is 16.5. The van der Waals surface area contributed by atoms with E-state index in [9.17, 15) is 33.6 Å². The SMILES string of the molecule is C=C(CC1CCN(CCOC)CC1)NC.CNC(=O)CC1CCN(CCOCCOC)CC1.CNC(=O)CN1CCN(CCCCCOC)CC1.CNC(=O)CN1CCN(CCCCOC)CC1.CNC(=O)CN1CCN(CCCOC)CC1.CNC(=O)CN1CCN(CCOC)CC1.CNC(=O)CN1CCN(CCOCCOC)CC1.CNC(=O)COCCOCCOCCN1CCN(C)CC1. The summed E-state index contributed by atoms with van der Waals surface area (Å²) in [7, 11) is 27.9. The maximum atomic E-state index is 11.3. The Morgan fingerprint density at radius 2 is 0.457 bits per heavy atom. The van der Waals surface area contributed by atoms with Crippen LogP contribution in [0.15, 0.2) is 12.3 Å². The first-order valence-electron chi connectivity index (χ1n) is 51.2. The molecule has 41 heteroatoms. The predicted molar refractivity (Wildman–Crippen MR) is 547 cm³/mol. The van der Waals surface area contributed by atoms with Gasteiger partial charge in [0.15, 0.2) is 0 Å². The van der Waals surface area contributed by atoms with Crippen LogP contribution in [0, 0.1) is 11.8 Å². The number of likely N-dealkylation sites (N-methyl/N-ethyl adjacent to an activating group) is 7. The highest BCUT2D eigenvalue weighted by Gasteiger charge is 2.26. The Hall–Kier alpha value is -5.21. The number of hydrogen-bond donors (Lipinski definition) is 8. The maximum absolute atomic E-state index is 11.3. The van der Waals surface area contributed by atoms with Gasteiger partial charge in [-0.05, 0) is 129 Å². The third kappa shape index (κ3) is 74.7. The molecule has 0 aromatic carbocycles.